The maximum atomic E-state index is 5.50. The standard InChI is InChI=1S/C24H34N4O4.HI/c1-6-25-24(26-15-17-7-8-20(29-2)14-23(17)32-5)27-18-9-10-28(16-18)19-11-21(30-3)13-22(12-19)31-4;/h7-8,11-14,18H,6,9-10,15-16H2,1-5H3,(H2,25,26,27);1H. The molecule has 1 saturated heterocycles. The number of ether oxygens (including phenoxy) is 4. The van der Waals surface area contributed by atoms with Crippen LogP contribution in [0.25, 0.3) is 0 Å². The van der Waals surface area contributed by atoms with Crippen molar-refractivity contribution < 1.29 is 18.9 Å². The number of halogens is 1. The average Bonchev–Trinajstić information content (AvgIpc) is 3.30. The largest absolute Gasteiger partial charge is 0.497 e. The van der Waals surface area contributed by atoms with Gasteiger partial charge in [0, 0.05) is 61.2 Å². The molecule has 1 aliphatic rings. The summed E-state index contributed by atoms with van der Waals surface area (Å²) < 4.78 is 21.6. The van der Waals surface area contributed by atoms with Crippen molar-refractivity contribution in [3.05, 3.63) is 42.0 Å². The van der Waals surface area contributed by atoms with Crippen LogP contribution in [0.2, 0.25) is 0 Å². The highest BCUT2D eigenvalue weighted by Gasteiger charge is 2.24. The molecule has 1 fully saturated rings. The maximum absolute atomic E-state index is 5.50. The van der Waals surface area contributed by atoms with Gasteiger partial charge in [0.25, 0.3) is 0 Å². The molecule has 2 N–H and O–H groups in total. The van der Waals surface area contributed by atoms with Crippen molar-refractivity contribution in [2.75, 3.05) is 53.0 Å². The molecule has 2 aromatic rings. The normalized spacial score (nSPS) is 15.5. The van der Waals surface area contributed by atoms with E-state index < -0.39 is 0 Å². The van der Waals surface area contributed by atoms with Gasteiger partial charge >= 0.3 is 0 Å². The maximum Gasteiger partial charge on any atom is 0.191 e. The molecule has 0 spiro atoms. The summed E-state index contributed by atoms with van der Waals surface area (Å²) in [7, 11) is 6.64. The smallest absolute Gasteiger partial charge is 0.191 e. The minimum Gasteiger partial charge on any atom is -0.497 e. The lowest BCUT2D eigenvalue weighted by Crippen LogP contribution is -2.44. The molecule has 0 bridgehead atoms. The fraction of sp³-hybridized carbons (Fsp3) is 0.458. The highest BCUT2D eigenvalue weighted by atomic mass is 127. The SMILES string of the molecule is CCNC(=NCc1ccc(OC)cc1OC)NC1CCN(c2cc(OC)cc(OC)c2)C1.I. The highest BCUT2D eigenvalue weighted by Crippen LogP contribution is 2.30. The van der Waals surface area contributed by atoms with Gasteiger partial charge < -0.3 is 34.5 Å². The molecule has 1 unspecified atom stereocenters. The number of anilines is 1. The molecule has 182 valence electrons. The number of methoxy groups -OCH3 is 4. The second-order valence-electron chi connectivity index (χ2n) is 7.52. The van der Waals surface area contributed by atoms with Gasteiger partial charge in [0.15, 0.2) is 5.96 Å². The van der Waals surface area contributed by atoms with Crippen molar-refractivity contribution >= 4 is 35.6 Å². The van der Waals surface area contributed by atoms with Crippen LogP contribution in [-0.2, 0) is 6.54 Å². The first-order valence-corrected chi connectivity index (χ1v) is 10.8. The van der Waals surface area contributed by atoms with Crippen molar-refractivity contribution in [3.63, 3.8) is 0 Å². The van der Waals surface area contributed by atoms with Crippen LogP contribution in [0.5, 0.6) is 23.0 Å². The topological polar surface area (TPSA) is 76.6 Å². The molecule has 8 nitrogen and oxygen atoms in total. The number of nitrogens with one attached hydrogen (secondary N) is 2. The lowest BCUT2D eigenvalue weighted by Gasteiger charge is -2.21. The quantitative estimate of drug-likeness (QED) is 0.271. The van der Waals surface area contributed by atoms with Crippen LogP contribution >= 0.6 is 24.0 Å². The molecular formula is C24H35IN4O4. The van der Waals surface area contributed by atoms with Crippen molar-refractivity contribution in [1.82, 2.24) is 10.6 Å². The van der Waals surface area contributed by atoms with E-state index in [-0.39, 0.29) is 30.0 Å². The first kappa shape index (κ1) is 26.7. The van der Waals surface area contributed by atoms with Crippen molar-refractivity contribution in [2.24, 2.45) is 4.99 Å². The van der Waals surface area contributed by atoms with E-state index in [0.29, 0.717) is 6.54 Å². The Kier molecular flexibility index (Phi) is 10.7. The van der Waals surface area contributed by atoms with Crippen LogP contribution < -0.4 is 34.5 Å². The van der Waals surface area contributed by atoms with Gasteiger partial charge in [0.1, 0.15) is 23.0 Å². The Bertz CT molecular complexity index is 903. The number of hydrogen-bond donors (Lipinski definition) is 2. The molecule has 1 atom stereocenters. The number of guanidine groups is 1. The average molecular weight is 570 g/mol. The second kappa shape index (κ2) is 13.2. The van der Waals surface area contributed by atoms with Gasteiger partial charge in [-0.2, -0.15) is 0 Å². The van der Waals surface area contributed by atoms with E-state index in [2.05, 4.69) is 22.5 Å². The summed E-state index contributed by atoms with van der Waals surface area (Å²) in [4.78, 5) is 7.11. The Balaban J connectivity index is 0.00000385. The lowest BCUT2D eigenvalue weighted by molar-refractivity contribution is 0.391. The molecule has 0 amide bonds. The van der Waals surface area contributed by atoms with Gasteiger partial charge in [-0.1, -0.05) is 0 Å². The summed E-state index contributed by atoms with van der Waals surface area (Å²) in [6.45, 7) is 5.17. The van der Waals surface area contributed by atoms with Crippen LogP contribution in [0.4, 0.5) is 5.69 Å². The fourth-order valence-electron chi connectivity index (χ4n) is 3.75. The molecule has 3 rings (SSSR count). The van der Waals surface area contributed by atoms with Crippen LogP contribution in [0.3, 0.4) is 0 Å². The molecular weight excluding hydrogens is 535 g/mol. The van der Waals surface area contributed by atoms with E-state index in [4.69, 9.17) is 23.9 Å². The van der Waals surface area contributed by atoms with Crippen molar-refractivity contribution in [1.29, 1.82) is 0 Å². The zero-order chi connectivity index (χ0) is 22.9. The molecule has 1 heterocycles. The van der Waals surface area contributed by atoms with E-state index in [1.807, 2.05) is 36.4 Å². The molecule has 1 aliphatic heterocycles. The minimum atomic E-state index is 0. The Morgan fingerprint density at radius 1 is 0.970 bits per heavy atom. The van der Waals surface area contributed by atoms with E-state index in [9.17, 15) is 0 Å². The second-order valence-corrected chi connectivity index (χ2v) is 7.52. The summed E-state index contributed by atoms with van der Waals surface area (Å²) in [5.74, 6) is 3.90. The third kappa shape index (κ3) is 7.21. The summed E-state index contributed by atoms with van der Waals surface area (Å²) >= 11 is 0. The summed E-state index contributed by atoms with van der Waals surface area (Å²) in [5, 5.41) is 6.92. The predicted molar refractivity (Wildman–Crippen MR) is 143 cm³/mol. The number of rotatable bonds is 9. The van der Waals surface area contributed by atoms with Gasteiger partial charge in [-0.3, -0.25) is 0 Å². The third-order valence-corrected chi connectivity index (χ3v) is 5.48. The van der Waals surface area contributed by atoms with Crippen LogP contribution in [-0.4, -0.2) is 60.1 Å². The highest BCUT2D eigenvalue weighted by molar-refractivity contribution is 14.0. The Morgan fingerprint density at radius 2 is 1.67 bits per heavy atom. The van der Waals surface area contributed by atoms with E-state index >= 15 is 0 Å². The van der Waals surface area contributed by atoms with Gasteiger partial charge in [-0.05, 0) is 25.5 Å². The van der Waals surface area contributed by atoms with E-state index in [1.165, 1.54) is 0 Å². The first-order chi connectivity index (χ1) is 15.6. The van der Waals surface area contributed by atoms with Crippen LogP contribution in [0.15, 0.2) is 41.4 Å². The summed E-state index contributed by atoms with van der Waals surface area (Å²) in [5.41, 5.74) is 2.09. The van der Waals surface area contributed by atoms with Crippen LogP contribution in [0.1, 0.15) is 18.9 Å². The molecule has 0 radical (unpaired) electrons. The zero-order valence-electron chi connectivity index (χ0n) is 20.0. The van der Waals surface area contributed by atoms with Gasteiger partial charge in [-0.25, -0.2) is 4.99 Å². The van der Waals surface area contributed by atoms with Gasteiger partial charge in [-0.15, -0.1) is 24.0 Å². The molecule has 9 heteroatoms. The molecule has 0 aliphatic carbocycles. The molecule has 0 aromatic heterocycles. The predicted octanol–water partition coefficient (Wildman–Crippen LogP) is 3.67. The van der Waals surface area contributed by atoms with Gasteiger partial charge in [0.2, 0.25) is 0 Å². The Hall–Kier alpha value is -2.56. The number of benzene rings is 2. The monoisotopic (exact) mass is 570 g/mol. The lowest BCUT2D eigenvalue weighted by atomic mass is 10.2. The fourth-order valence-corrected chi connectivity index (χ4v) is 3.75. The number of hydrogen-bond acceptors (Lipinski definition) is 6. The number of aliphatic imine (C=N–C) groups is 1. The van der Waals surface area contributed by atoms with E-state index in [0.717, 1.165) is 66.3 Å². The summed E-state index contributed by atoms with van der Waals surface area (Å²) in [6, 6.07) is 12.0. The van der Waals surface area contributed by atoms with E-state index in [1.54, 1.807) is 28.4 Å². The van der Waals surface area contributed by atoms with Crippen molar-refractivity contribution in [3.8, 4) is 23.0 Å². The zero-order valence-corrected chi connectivity index (χ0v) is 22.3. The number of nitrogens with zero attached hydrogens (tertiary/aromatic N) is 2. The van der Waals surface area contributed by atoms with Gasteiger partial charge in [0.05, 0.1) is 35.0 Å². The summed E-state index contributed by atoms with van der Waals surface area (Å²) in [6.07, 6.45) is 1.01. The third-order valence-electron chi connectivity index (χ3n) is 5.48. The Morgan fingerprint density at radius 3 is 2.27 bits per heavy atom. The molecule has 2 aromatic carbocycles. The minimum absolute atomic E-state index is 0. The van der Waals surface area contributed by atoms with Crippen LogP contribution in [0, 0.1) is 0 Å². The molecule has 33 heavy (non-hydrogen) atoms. The van der Waals surface area contributed by atoms with Crippen molar-refractivity contribution in [2.45, 2.75) is 25.9 Å². The first-order valence-electron chi connectivity index (χ1n) is 10.8. The Labute approximate surface area is 213 Å². The molecule has 0 saturated carbocycles.